The van der Waals surface area contributed by atoms with E-state index >= 15 is 0 Å². The van der Waals surface area contributed by atoms with Crippen LogP contribution in [-0.2, 0) is 50.1 Å². The average molecular weight is 899 g/mol. The van der Waals surface area contributed by atoms with Gasteiger partial charge in [0.25, 0.3) is 0 Å². The Labute approximate surface area is 338 Å². The van der Waals surface area contributed by atoms with Gasteiger partial charge in [-0.1, -0.05) is 12.2 Å². The van der Waals surface area contributed by atoms with Crippen molar-refractivity contribution in [1.82, 2.24) is 10.9 Å². The predicted molar refractivity (Wildman–Crippen MR) is 204 cm³/mol. The number of urea groups is 1. The third kappa shape index (κ3) is 9.06. The molecule has 312 valence electrons. The van der Waals surface area contributed by atoms with Crippen LogP contribution in [-0.4, -0.2) is 80.9 Å². The van der Waals surface area contributed by atoms with E-state index in [9.17, 15) is 66.3 Å². The van der Waals surface area contributed by atoms with Crippen molar-refractivity contribution >= 4 is 92.2 Å². The molecule has 0 fully saturated rings. The lowest BCUT2D eigenvalue weighted by molar-refractivity contribution is -0.112. The number of hydrazine groups is 2. The highest BCUT2D eigenvalue weighted by atomic mass is 32.2. The van der Waals surface area contributed by atoms with E-state index in [4.69, 9.17) is 10.8 Å². The normalized spacial score (nSPS) is 16.9. The number of allylic oxidation sites excluding steroid dienone is 12. The minimum Gasteiger partial charge on any atom is -0.744 e. The summed E-state index contributed by atoms with van der Waals surface area (Å²) in [5.41, 5.74) is 6.15. The molecular formula is C33H22N8O15S4-4. The largest absolute Gasteiger partial charge is 0.744 e. The highest BCUT2D eigenvalue weighted by molar-refractivity contribution is 7.90. The van der Waals surface area contributed by atoms with Crippen LogP contribution in [0.5, 0.6) is 0 Å². The number of carbonyl (C=O) groups excluding carboxylic acids is 3. The summed E-state index contributed by atoms with van der Waals surface area (Å²) in [5, 5.41) is 20.8. The van der Waals surface area contributed by atoms with Crippen molar-refractivity contribution in [3.05, 3.63) is 129 Å². The Hall–Kier alpha value is -6.85. The SMILES string of the molecule is N=C1C=CC2=CC(S(=O)(=O)[O-])=CC(=O)C2=C1NNc1ccc(NC(=O)Nc2ccc(NNC3=C4C(=O)C=C(S(=O)(=O)[O-])C=C4C=CC3=N)c(S(=O)(=O)[O-])c2)cc1S(=O)(=O)[O-]. The minimum atomic E-state index is -5.33. The maximum Gasteiger partial charge on any atom is 0.323 e. The Morgan fingerprint density at radius 2 is 0.867 bits per heavy atom. The molecule has 0 saturated heterocycles. The van der Waals surface area contributed by atoms with E-state index in [1.807, 2.05) is 0 Å². The lowest BCUT2D eigenvalue weighted by Gasteiger charge is -2.25. The highest BCUT2D eigenvalue weighted by Gasteiger charge is 2.29. The third-order valence-corrected chi connectivity index (χ3v) is 11.7. The maximum absolute atomic E-state index is 12.9. The van der Waals surface area contributed by atoms with Crippen LogP contribution >= 0.6 is 0 Å². The van der Waals surface area contributed by atoms with Gasteiger partial charge in [0.1, 0.15) is 40.5 Å². The van der Waals surface area contributed by atoms with Crippen LogP contribution < -0.4 is 32.3 Å². The van der Waals surface area contributed by atoms with Crippen LogP contribution in [0.4, 0.5) is 27.5 Å². The molecule has 4 aliphatic carbocycles. The quantitative estimate of drug-likeness (QED) is 0.106. The smallest absolute Gasteiger partial charge is 0.323 e. The second-order valence-corrected chi connectivity index (χ2v) is 17.8. The molecular weight excluding hydrogens is 877 g/mol. The number of anilines is 4. The minimum absolute atomic E-state index is 0.0657. The molecule has 0 heterocycles. The fourth-order valence-electron chi connectivity index (χ4n) is 5.72. The molecule has 6 rings (SSSR count). The standard InChI is InChI=1S/C33H26N8O15S4/c34-21-5-1-15-9-19(57(45,46)47)13-25(42)29(15)31(21)40-38-23-7-3-17(11-27(23)59(51,52)53)36-33(44)37-18-4-8-24(28(12-18)60(54,55)56)39-41-32-22(35)6-2-16-10-20(58(48,49)50)14-26(43)30(16)32/h1-14,34-35,38-41H,(H2,36,37,44)(H,45,46,47)(H,48,49,50)(H,51,52,53)(H,54,55,56)/p-4. The molecule has 23 nitrogen and oxygen atoms in total. The predicted octanol–water partition coefficient (Wildman–Crippen LogP) is 0.536. The molecule has 0 aromatic heterocycles. The molecule has 2 amide bonds. The van der Waals surface area contributed by atoms with Crippen molar-refractivity contribution in [3.63, 3.8) is 0 Å². The average Bonchev–Trinajstić information content (AvgIpc) is 3.13. The van der Waals surface area contributed by atoms with Gasteiger partial charge in [0, 0.05) is 23.5 Å². The van der Waals surface area contributed by atoms with Crippen molar-refractivity contribution in [2.24, 2.45) is 0 Å². The van der Waals surface area contributed by atoms with Crippen LogP contribution in [0.1, 0.15) is 0 Å². The number of amides is 2. The zero-order valence-corrected chi connectivity index (χ0v) is 32.6. The Morgan fingerprint density at radius 1 is 0.500 bits per heavy atom. The Bertz CT molecular complexity index is 2910. The van der Waals surface area contributed by atoms with E-state index < -0.39 is 89.0 Å². The van der Waals surface area contributed by atoms with E-state index in [2.05, 4.69) is 32.3 Å². The van der Waals surface area contributed by atoms with E-state index in [1.165, 1.54) is 12.2 Å². The number of ketones is 2. The van der Waals surface area contributed by atoms with E-state index in [-0.39, 0.29) is 56.5 Å². The molecule has 0 radical (unpaired) electrons. The van der Waals surface area contributed by atoms with Gasteiger partial charge in [-0.05, 0) is 71.8 Å². The summed E-state index contributed by atoms with van der Waals surface area (Å²) in [6.45, 7) is 0. The summed E-state index contributed by atoms with van der Waals surface area (Å²) in [6, 6.07) is 4.48. The molecule has 2 aromatic carbocycles. The number of carbonyl (C=O) groups is 3. The number of benzene rings is 2. The Balaban J connectivity index is 1.18. The molecule has 0 spiro atoms. The van der Waals surface area contributed by atoms with Crippen LogP contribution in [0.15, 0.2) is 138 Å². The molecule has 2 aromatic rings. The summed E-state index contributed by atoms with van der Waals surface area (Å²) < 4.78 is 142. The molecule has 0 saturated carbocycles. The number of nitrogens with one attached hydrogen (secondary N) is 8. The highest BCUT2D eigenvalue weighted by Crippen LogP contribution is 2.33. The zero-order valence-electron chi connectivity index (χ0n) is 29.3. The molecule has 0 atom stereocenters. The number of fused-ring (bicyclic) bond motifs is 2. The lowest BCUT2D eigenvalue weighted by atomic mass is 9.89. The molecule has 0 unspecified atom stereocenters. The van der Waals surface area contributed by atoms with Crippen LogP contribution in [0, 0.1) is 10.8 Å². The fourth-order valence-corrected chi connectivity index (χ4v) is 8.09. The van der Waals surface area contributed by atoms with Crippen molar-refractivity contribution in [3.8, 4) is 0 Å². The van der Waals surface area contributed by atoms with Crippen LogP contribution in [0.3, 0.4) is 0 Å². The molecule has 60 heavy (non-hydrogen) atoms. The van der Waals surface area contributed by atoms with Crippen molar-refractivity contribution in [1.29, 1.82) is 10.8 Å². The molecule has 8 N–H and O–H groups in total. The first-order valence-electron chi connectivity index (χ1n) is 16.0. The van der Waals surface area contributed by atoms with Gasteiger partial charge in [0.2, 0.25) is 0 Å². The van der Waals surface area contributed by atoms with Crippen molar-refractivity contribution < 1.29 is 66.3 Å². The molecule has 4 aliphatic rings. The summed E-state index contributed by atoms with van der Waals surface area (Å²) >= 11 is 0. The fraction of sp³-hybridized carbons (Fsp3) is 0. The van der Waals surface area contributed by atoms with Crippen LogP contribution in [0.25, 0.3) is 0 Å². The number of hydrogen-bond donors (Lipinski definition) is 8. The number of rotatable bonds is 12. The summed E-state index contributed by atoms with van der Waals surface area (Å²) in [5.74, 6) is -1.96. The second-order valence-electron chi connectivity index (χ2n) is 12.3. The molecule has 0 bridgehead atoms. The topological polar surface area (TPSA) is 400 Å². The Morgan fingerprint density at radius 3 is 1.20 bits per heavy atom. The Kier molecular flexibility index (Phi) is 11.0. The first-order valence-corrected chi connectivity index (χ1v) is 21.7. The van der Waals surface area contributed by atoms with Crippen LogP contribution in [0.2, 0.25) is 0 Å². The maximum atomic E-state index is 12.9. The first kappa shape index (κ1) is 42.7. The van der Waals surface area contributed by atoms with Gasteiger partial charge in [-0.15, -0.1) is 0 Å². The molecule has 0 aliphatic heterocycles. The first-order chi connectivity index (χ1) is 27.8. The second kappa shape index (κ2) is 15.4. The van der Waals surface area contributed by atoms with Gasteiger partial charge in [0.15, 0.2) is 11.6 Å². The van der Waals surface area contributed by atoms with Gasteiger partial charge < -0.3 is 28.8 Å². The summed E-state index contributed by atoms with van der Waals surface area (Å²) in [4.78, 5) is 34.8. The van der Waals surface area contributed by atoms with Gasteiger partial charge in [-0.2, -0.15) is 0 Å². The van der Waals surface area contributed by atoms with E-state index in [0.717, 1.165) is 60.7 Å². The van der Waals surface area contributed by atoms with E-state index in [1.54, 1.807) is 0 Å². The van der Waals surface area contributed by atoms with Gasteiger partial charge in [-0.3, -0.25) is 42.1 Å². The zero-order chi connectivity index (χ0) is 44.1. The van der Waals surface area contributed by atoms with Gasteiger partial charge in [-0.25, -0.2) is 38.5 Å². The lowest BCUT2D eigenvalue weighted by Crippen LogP contribution is -2.32. The van der Waals surface area contributed by atoms with Gasteiger partial charge in [0.05, 0.1) is 64.9 Å². The monoisotopic (exact) mass is 898 g/mol. The third-order valence-electron chi connectivity index (χ3n) is 8.35. The van der Waals surface area contributed by atoms with Crippen molar-refractivity contribution in [2.45, 2.75) is 9.79 Å². The van der Waals surface area contributed by atoms with E-state index in [0.29, 0.717) is 12.2 Å². The van der Waals surface area contributed by atoms with Gasteiger partial charge >= 0.3 is 6.03 Å². The summed E-state index contributed by atoms with van der Waals surface area (Å²) in [7, 11) is -20.7. The van der Waals surface area contributed by atoms with Crippen molar-refractivity contribution in [2.75, 3.05) is 21.5 Å². The number of hydrogen-bond acceptors (Lipinski definition) is 21. The summed E-state index contributed by atoms with van der Waals surface area (Å²) in [6.07, 6.45) is 7.54. The molecule has 27 heteroatoms.